The summed E-state index contributed by atoms with van der Waals surface area (Å²) in [6.07, 6.45) is 0.403. The summed E-state index contributed by atoms with van der Waals surface area (Å²) >= 11 is 8.98. The van der Waals surface area contributed by atoms with Gasteiger partial charge in [0.05, 0.1) is 10.7 Å². The van der Waals surface area contributed by atoms with Crippen LogP contribution >= 0.6 is 27.5 Å². The summed E-state index contributed by atoms with van der Waals surface area (Å²) < 4.78 is 13.4. The molecule has 0 fully saturated rings. The van der Waals surface area contributed by atoms with Gasteiger partial charge in [-0.05, 0) is 34.0 Å². The van der Waals surface area contributed by atoms with Crippen LogP contribution in [0.25, 0.3) is 0 Å². The molecule has 0 aliphatic heterocycles. The molecule has 0 aliphatic rings. The summed E-state index contributed by atoms with van der Waals surface area (Å²) in [6, 6.07) is 2.42. The summed E-state index contributed by atoms with van der Waals surface area (Å²) in [5.41, 5.74) is 0.411. The third kappa shape index (κ3) is 3.76. The van der Waals surface area contributed by atoms with Gasteiger partial charge in [0.2, 0.25) is 5.91 Å². The van der Waals surface area contributed by atoms with Gasteiger partial charge in [-0.1, -0.05) is 25.4 Å². The first-order valence-electron chi connectivity index (χ1n) is 4.84. The third-order valence-corrected chi connectivity index (χ3v) is 2.79. The first-order chi connectivity index (χ1) is 7.40. The summed E-state index contributed by atoms with van der Waals surface area (Å²) in [4.78, 5) is 11.5. The van der Waals surface area contributed by atoms with Gasteiger partial charge in [-0.15, -0.1) is 0 Å². The first-order valence-corrected chi connectivity index (χ1v) is 6.01. The molecule has 88 valence electrons. The fraction of sp³-hybridized carbons (Fsp3) is 0.364. The molecular formula is C11H12BrClFNO. The van der Waals surface area contributed by atoms with Crippen LogP contribution in [0.1, 0.15) is 20.3 Å². The number of nitrogens with one attached hydrogen (secondary N) is 1. The Morgan fingerprint density at radius 3 is 2.69 bits per heavy atom. The van der Waals surface area contributed by atoms with Gasteiger partial charge in [0, 0.05) is 10.9 Å². The lowest BCUT2D eigenvalue weighted by Crippen LogP contribution is -2.14. The molecule has 0 bridgehead atoms. The van der Waals surface area contributed by atoms with Crippen LogP contribution in [0.3, 0.4) is 0 Å². The summed E-state index contributed by atoms with van der Waals surface area (Å²) in [5, 5.41) is 2.84. The van der Waals surface area contributed by atoms with Crippen molar-refractivity contribution in [2.24, 2.45) is 5.92 Å². The average molecular weight is 309 g/mol. The van der Waals surface area contributed by atoms with Crippen LogP contribution in [-0.4, -0.2) is 5.91 Å². The second-order valence-corrected chi connectivity index (χ2v) is 5.15. The number of hydrogen-bond acceptors (Lipinski definition) is 1. The Hall–Kier alpha value is -0.610. The van der Waals surface area contributed by atoms with E-state index in [-0.39, 0.29) is 16.8 Å². The van der Waals surface area contributed by atoms with Gasteiger partial charge in [0.1, 0.15) is 5.82 Å². The predicted molar refractivity (Wildman–Crippen MR) is 67.2 cm³/mol. The molecule has 0 radical (unpaired) electrons. The molecule has 1 amide bonds. The normalized spacial score (nSPS) is 10.6. The second kappa shape index (κ2) is 5.64. The lowest BCUT2D eigenvalue weighted by molar-refractivity contribution is -0.116. The van der Waals surface area contributed by atoms with E-state index in [4.69, 9.17) is 11.6 Å². The molecule has 0 saturated carbocycles. The summed E-state index contributed by atoms with van der Waals surface area (Å²) in [7, 11) is 0. The molecule has 0 atom stereocenters. The molecule has 0 heterocycles. The highest BCUT2D eigenvalue weighted by atomic mass is 79.9. The van der Waals surface area contributed by atoms with Crippen molar-refractivity contribution >= 4 is 39.1 Å². The van der Waals surface area contributed by atoms with E-state index >= 15 is 0 Å². The fourth-order valence-corrected chi connectivity index (χ4v) is 2.12. The number of benzene rings is 1. The van der Waals surface area contributed by atoms with Gasteiger partial charge in [-0.3, -0.25) is 4.79 Å². The zero-order valence-corrected chi connectivity index (χ0v) is 11.3. The highest BCUT2D eigenvalue weighted by molar-refractivity contribution is 9.10. The minimum absolute atomic E-state index is 0.135. The van der Waals surface area contributed by atoms with E-state index in [1.54, 1.807) is 0 Å². The van der Waals surface area contributed by atoms with Crippen LogP contribution < -0.4 is 5.32 Å². The Balaban J connectivity index is 2.85. The molecule has 0 unspecified atom stereocenters. The number of rotatable bonds is 3. The van der Waals surface area contributed by atoms with Gasteiger partial charge in [-0.2, -0.15) is 0 Å². The maximum Gasteiger partial charge on any atom is 0.224 e. The van der Waals surface area contributed by atoms with Gasteiger partial charge < -0.3 is 5.32 Å². The van der Waals surface area contributed by atoms with E-state index in [2.05, 4.69) is 21.2 Å². The van der Waals surface area contributed by atoms with Crippen LogP contribution in [0, 0.1) is 11.7 Å². The number of amides is 1. The zero-order valence-electron chi connectivity index (χ0n) is 8.98. The molecule has 16 heavy (non-hydrogen) atoms. The van der Waals surface area contributed by atoms with Crippen LogP contribution in [0.2, 0.25) is 5.02 Å². The van der Waals surface area contributed by atoms with Crippen molar-refractivity contribution in [2.75, 3.05) is 5.32 Å². The zero-order chi connectivity index (χ0) is 12.3. The summed E-state index contributed by atoms with van der Waals surface area (Å²) in [6.45, 7) is 3.89. The molecule has 5 heteroatoms. The maximum atomic E-state index is 12.9. The van der Waals surface area contributed by atoms with Crippen LogP contribution in [-0.2, 0) is 4.79 Å². The van der Waals surface area contributed by atoms with Crippen LogP contribution in [0.5, 0.6) is 0 Å². The predicted octanol–water partition coefficient (Wildman–Crippen LogP) is 4.23. The molecule has 1 N–H and O–H groups in total. The lowest BCUT2D eigenvalue weighted by Gasteiger charge is -2.10. The molecule has 2 nitrogen and oxygen atoms in total. The Bertz CT molecular complexity index is 386. The minimum Gasteiger partial charge on any atom is -0.324 e. The van der Waals surface area contributed by atoms with Crippen molar-refractivity contribution in [1.29, 1.82) is 0 Å². The molecule has 1 aromatic rings. The van der Waals surface area contributed by atoms with Crippen molar-refractivity contribution in [3.8, 4) is 0 Å². The van der Waals surface area contributed by atoms with E-state index in [9.17, 15) is 9.18 Å². The van der Waals surface area contributed by atoms with E-state index < -0.39 is 5.82 Å². The SMILES string of the molecule is CC(C)CC(=O)Nc1c(Cl)cc(F)cc1Br. The Morgan fingerprint density at radius 1 is 1.56 bits per heavy atom. The minimum atomic E-state index is -0.446. The van der Waals surface area contributed by atoms with Gasteiger partial charge >= 0.3 is 0 Å². The molecular weight excluding hydrogens is 296 g/mol. The number of carbonyl (C=O) groups is 1. The van der Waals surface area contributed by atoms with Crippen LogP contribution in [0.15, 0.2) is 16.6 Å². The van der Waals surface area contributed by atoms with Crippen molar-refractivity contribution in [1.82, 2.24) is 0 Å². The van der Waals surface area contributed by atoms with Gasteiger partial charge in [-0.25, -0.2) is 4.39 Å². The molecule has 0 aliphatic carbocycles. The van der Waals surface area contributed by atoms with E-state index in [0.717, 1.165) is 6.07 Å². The Kier molecular flexibility index (Phi) is 4.74. The Morgan fingerprint density at radius 2 is 2.19 bits per heavy atom. The van der Waals surface area contributed by atoms with E-state index in [1.165, 1.54) is 6.07 Å². The monoisotopic (exact) mass is 307 g/mol. The maximum absolute atomic E-state index is 12.9. The number of halogens is 3. The number of hydrogen-bond donors (Lipinski definition) is 1. The molecule has 1 aromatic carbocycles. The average Bonchev–Trinajstić information content (AvgIpc) is 2.09. The topological polar surface area (TPSA) is 29.1 Å². The molecule has 0 saturated heterocycles. The van der Waals surface area contributed by atoms with E-state index in [0.29, 0.717) is 16.6 Å². The fourth-order valence-electron chi connectivity index (χ4n) is 1.22. The van der Waals surface area contributed by atoms with Crippen molar-refractivity contribution in [3.63, 3.8) is 0 Å². The lowest BCUT2D eigenvalue weighted by atomic mass is 10.1. The smallest absolute Gasteiger partial charge is 0.224 e. The van der Waals surface area contributed by atoms with Crippen molar-refractivity contribution in [2.45, 2.75) is 20.3 Å². The molecule has 1 rings (SSSR count). The second-order valence-electron chi connectivity index (χ2n) is 3.89. The number of anilines is 1. The van der Waals surface area contributed by atoms with Gasteiger partial charge in [0.15, 0.2) is 0 Å². The van der Waals surface area contributed by atoms with Crippen LogP contribution in [0.4, 0.5) is 10.1 Å². The molecule has 0 aromatic heterocycles. The standard InChI is InChI=1S/C11H12BrClFNO/c1-6(2)3-10(16)15-11-8(12)4-7(14)5-9(11)13/h4-6H,3H2,1-2H3,(H,15,16). The highest BCUT2D eigenvalue weighted by Crippen LogP contribution is 2.31. The van der Waals surface area contributed by atoms with Crippen molar-refractivity contribution in [3.05, 3.63) is 27.4 Å². The molecule has 0 spiro atoms. The first kappa shape index (κ1) is 13.5. The van der Waals surface area contributed by atoms with Crippen molar-refractivity contribution < 1.29 is 9.18 Å². The summed E-state index contributed by atoms with van der Waals surface area (Å²) in [5.74, 6) is -0.319. The van der Waals surface area contributed by atoms with E-state index in [1.807, 2.05) is 13.8 Å². The Labute approximate surface area is 107 Å². The largest absolute Gasteiger partial charge is 0.324 e. The third-order valence-electron chi connectivity index (χ3n) is 1.86. The van der Waals surface area contributed by atoms with Gasteiger partial charge in [0.25, 0.3) is 0 Å². The quantitative estimate of drug-likeness (QED) is 0.889. The number of carbonyl (C=O) groups excluding carboxylic acids is 1. The highest BCUT2D eigenvalue weighted by Gasteiger charge is 2.12.